The normalized spacial score (nSPS) is 9.84. The molecule has 0 saturated heterocycles. The third-order valence-corrected chi connectivity index (χ3v) is 2.37. The van der Waals surface area contributed by atoms with Gasteiger partial charge in [-0.15, -0.1) is 0 Å². The molecule has 0 aromatic heterocycles. The summed E-state index contributed by atoms with van der Waals surface area (Å²) in [5.74, 6) is -0.129. The van der Waals surface area contributed by atoms with Gasteiger partial charge in [0.1, 0.15) is 12.2 Å². The van der Waals surface area contributed by atoms with Crippen molar-refractivity contribution in [3.8, 4) is 5.75 Å². The molecule has 0 atom stereocenters. The lowest BCUT2D eigenvalue weighted by molar-refractivity contribution is -0.145. The second-order valence-corrected chi connectivity index (χ2v) is 3.94. The largest absolute Gasteiger partial charge is 0.494 e. The maximum atomic E-state index is 11.6. The minimum absolute atomic E-state index is 0.272. The fraction of sp³-hybridized carbons (Fsp3) is 0.429. The van der Waals surface area contributed by atoms with Gasteiger partial charge in [-0.25, -0.2) is 0 Å². The molecular weight excluding hydrogens is 246 g/mol. The van der Waals surface area contributed by atoms with Crippen LogP contribution in [0.1, 0.15) is 25.8 Å². The average molecular weight is 265 g/mol. The number of aryl methyl sites for hydroxylation is 1. The van der Waals surface area contributed by atoms with Crippen molar-refractivity contribution in [2.75, 3.05) is 18.5 Å². The summed E-state index contributed by atoms with van der Waals surface area (Å²) in [7, 11) is 0. The third kappa shape index (κ3) is 4.99. The maximum Gasteiger partial charge on any atom is 0.315 e. The van der Waals surface area contributed by atoms with Crippen LogP contribution in [0.4, 0.5) is 5.69 Å². The zero-order valence-corrected chi connectivity index (χ0v) is 11.5. The van der Waals surface area contributed by atoms with Gasteiger partial charge in [0.25, 0.3) is 0 Å². The molecule has 1 N–H and O–H groups in total. The lowest BCUT2D eigenvalue weighted by Gasteiger charge is -2.10. The number of carbonyl (C=O) groups excluding carboxylic acids is 2. The Labute approximate surface area is 112 Å². The van der Waals surface area contributed by atoms with Crippen molar-refractivity contribution in [1.82, 2.24) is 0 Å². The zero-order valence-electron chi connectivity index (χ0n) is 11.5. The first-order valence-electron chi connectivity index (χ1n) is 6.25. The van der Waals surface area contributed by atoms with E-state index < -0.39 is 5.97 Å². The highest BCUT2D eigenvalue weighted by Crippen LogP contribution is 2.21. The van der Waals surface area contributed by atoms with E-state index in [-0.39, 0.29) is 18.9 Å². The number of amides is 1. The number of hydrogen-bond acceptors (Lipinski definition) is 4. The molecule has 0 radical (unpaired) electrons. The summed E-state index contributed by atoms with van der Waals surface area (Å²) in [5.41, 5.74) is 1.56. The summed E-state index contributed by atoms with van der Waals surface area (Å²) in [6, 6.07) is 5.33. The van der Waals surface area contributed by atoms with Gasteiger partial charge in [-0.05, 0) is 44.5 Å². The highest BCUT2D eigenvalue weighted by atomic mass is 16.5. The van der Waals surface area contributed by atoms with Crippen LogP contribution < -0.4 is 10.1 Å². The van der Waals surface area contributed by atoms with Crippen LogP contribution in [0.2, 0.25) is 0 Å². The lowest BCUT2D eigenvalue weighted by Crippen LogP contribution is -2.18. The molecule has 0 aliphatic carbocycles. The van der Waals surface area contributed by atoms with Gasteiger partial charge in [0.2, 0.25) is 5.91 Å². The summed E-state index contributed by atoms with van der Waals surface area (Å²) < 4.78 is 10.1. The minimum atomic E-state index is -0.525. The van der Waals surface area contributed by atoms with E-state index in [1.807, 2.05) is 13.8 Å². The standard InChI is InChI=1S/C14H19NO4/c1-4-18-12-7-6-11(8-10(12)3)15-13(16)9-14(17)19-5-2/h6-8H,4-5,9H2,1-3H3,(H,15,16). The quantitative estimate of drug-likeness (QED) is 0.633. The molecule has 0 aliphatic rings. The molecule has 19 heavy (non-hydrogen) atoms. The first-order chi connectivity index (χ1) is 9.06. The first kappa shape index (κ1) is 15.0. The van der Waals surface area contributed by atoms with Gasteiger partial charge in [-0.3, -0.25) is 9.59 Å². The van der Waals surface area contributed by atoms with Gasteiger partial charge < -0.3 is 14.8 Å². The lowest BCUT2D eigenvalue weighted by atomic mass is 10.2. The minimum Gasteiger partial charge on any atom is -0.494 e. The summed E-state index contributed by atoms with van der Waals surface area (Å²) in [5, 5.41) is 2.65. The summed E-state index contributed by atoms with van der Waals surface area (Å²) in [6.45, 7) is 6.37. The molecule has 0 unspecified atom stereocenters. The van der Waals surface area contributed by atoms with Crippen LogP contribution in [0.15, 0.2) is 18.2 Å². The number of hydrogen-bond donors (Lipinski definition) is 1. The van der Waals surface area contributed by atoms with E-state index in [2.05, 4.69) is 5.32 Å². The predicted molar refractivity (Wildman–Crippen MR) is 72.2 cm³/mol. The molecule has 5 heteroatoms. The van der Waals surface area contributed by atoms with Crippen LogP contribution in [0.5, 0.6) is 5.75 Å². The topological polar surface area (TPSA) is 64.6 Å². The number of esters is 1. The molecule has 5 nitrogen and oxygen atoms in total. The summed E-state index contributed by atoms with van der Waals surface area (Å²) in [4.78, 5) is 22.7. The Morgan fingerprint density at radius 3 is 2.53 bits per heavy atom. The third-order valence-electron chi connectivity index (χ3n) is 2.37. The molecule has 1 aromatic carbocycles. The van der Waals surface area contributed by atoms with Crippen LogP contribution in [0.3, 0.4) is 0 Å². The Hall–Kier alpha value is -2.04. The molecule has 0 heterocycles. The maximum absolute atomic E-state index is 11.6. The molecule has 0 spiro atoms. The van der Waals surface area contributed by atoms with Crippen molar-refractivity contribution in [3.05, 3.63) is 23.8 Å². The van der Waals surface area contributed by atoms with E-state index in [0.29, 0.717) is 12.3 Å². The van der Waals surface area contributed by atoms with Gasteiger partial charge in [0.05, 0.1) is 13.2 Å². The van der Waals surface area contributed by atoms with Crippen LogP contribution in [-0.4, -0.2) is 25.1 Å². The number of nitrogens with one attached hydrogen (secondary N) is 1. The van der Waals surface area contributed by atoms with Crippen LogP contribution in [0.25, 0.3) is 0 Å². The van der Waals surface area contributed by atoms with Crippen molar-refractivity contribution >= 4 is 17.6 Å². The van der Waals surface area contributed by atoms with Crippen molar-refractivity contribution in [2.45, 2.75) is 27.2 Å². The Kier molecular flexibility index (Phi) is 5.85. The van der Waals surface area contributed by atoms with Gasteiger partial charge in [-0.1, -0.05) is 0 Å². The Balaban J connectivity index is 2.60. The first-order valence-corrected chi connectivity index (χ1v) is 6.25. The molecule has 104 valence electrons. The van der Waals surface area contributed by atoms with E-state index >= 15 is 0 Å². The fourth-order valence-electron chi connectivity index (χ4n) is 1.59. The second-order valence-electron chi connectivity index (χ2n) is 3.94. The highest BCUT2D eigenvalue weighted by Gasteiger charge is 2.10. The van der Waals surface area contributed by atoms with Gasteiger partial charge in [0.15, 0.2) is 0 Å². The number of anilines is 1. The van der Waals surface area contributed by atoms with Gasteiger partial charge >= 0.3 is 5.97 Å². The second kappa shape index (κ2) is 7.41. The molecule has 0 aliphatic heterocycles. The van der Waals surface area contributed by atoms with Crippen molar-refractivity contribution < 1.29 is 19.1 Å². The Morgan fingerprint density at radius 2 is 1.95 bits per heavy atom. The molecule has 0 bridgehead atoms. The number of rotatable bonds is 6. The van der Waals surface area contributed by atoms with E-state index in [0.717, 1.165) is 11.3 Å². The molecule has 0 fully saturated rings. The molecule has 1 aromatic rings. The van der Waals surface area contributed by atoms with Gasteiger partial charge in [0, 0.05) is 5.69 Å². The van der Waals surface area contributed by atoms with E-state index in [4.69, 9.17) is 9.47 Å². The molecule has 0 saturated carbocycles. The fourth-order valence-corrected chi connectivity index (χ4v) is 1.59. The number of carbonyl (C=O) groups is 2. The number of benzene rings is 1. The Morgan fingerprint density at radius 1 is 1.21 bits per heavy atom. The zero-order chi connectivity index (χ0) is 14.3. The molecule has 1 amide bonds. The van der Waals surface area contributed by atoms with Crippen LogP contribution in [0, 0.1) is 6.92 Å². The predicted octanol–water partition coefficient (Wildman–Crippen LogP) is 2.29. The number of ether oxygens (including phenoxy) is 2. The van der Waals surface area contributed by atoms with E-state index in [9.17, 15) is 9.59 Å². The Bertz CT molecular complexity index is 457. The summed E-state index contributed by atoms with van der Waals surface area (Å²) in [6.07, 6.45) is -0.278. The SMILES string of the molecule is CCOC(=O)CC(=O)Nc1ccc(OCC)c(C)c1. The summed E-state index contributed by atoms with van der Waals surface area (Å²) >= 11 is 0. The van der Waals surface area contributed by atoms with E-state index in [1.54, 1.807) is 25.1 Å². The van der Waals surface area contributed by atoms with Crippen molar-refractivity contribution in [2.24, 2.45) is 0 Å². The van der Waals surface area contributed by atoms with Crippen molar-refractivity contribution in [1.29, 1.82) is 0 Å². The highest BCUT2D eigenvalue weighted by molar-refractivity contribution is 6.01. The van der Waals surface area contributed by atoms with Crippen LogP contribution >= 0.6 is 0 Å². The molecular formula is C14H19NO4. The monoisotopic (exact) mass is 265 g/mol. The average Bonchev–Trinajstić information content (AvgIpc) is 2.32. The van der Waals surface area contributed by atoms with Crippen molar-refractivity contribution in [3.63, 3.8) is 0 Å². The van der Waals surface area contributed by atoms with E-state index in [1.165, 1.54) is 0 Å². The van der Waals surface area contributed by atoms with Gasteiger partial charge in [-0.2, -0.15) is 0 Å². The molecule has 1 rings (SSSR count). The smallest absolute Gasteiger partial charge is 0.315 e. The van der Waals surface area contributed by atoms with Crippen LogP contribution in [-0.2, 0) is 14.3 Å².